The molecule has 0 aliphatic carbocycles. The number of benzene rings is 1. The van der Waals surface area contributed by atoms with E-state index >= 15 is 0 Å². The Morgan fingerprint density at radius 1 is 1.06 bits per heavy atom. The van der Waals surface area contributed by atoms with Gasteiger partial charge >= 0.3 is 13.3 Å². The van der Waals surface area contributed by atoms with Gasteiger partial charge in [0.1, 0.15) is 12.1 Å². The number of aryl methyl sites for hydroxylation is 1. The maximum atomic E-state index is 12.8. The fraction of sp³-hybridized carbons (Fsp3) is 0.538. The summed E-state index contributed by atoms with van der Waals surface area (Å²) in [6.45, 7) is 9.76. The van der Waals surface area contributed by atoms with Crippen molar-refractivity contribution in [3.8, 4) is 11.3 Å². The molecule has 0 amide bonds. The lowest BCUT2D eigenvalue weighted by Crippen LogP contribution is -2.24. The number of ether oxygens (including phenoxy) is 1. The Balaban J connectivity index is 1.64. The summed E-state index contributed by atoms with van der Waals surface area (Å²) in [5.74, 6) is 0.665. The first-order chi connectivity index (χ1) is 16.7. The van der Waals surface area contributed by atoms with Gasteiger partial charge in [-0.25, -0.2) is 4.79 Å². The van der Waals surface area contributed by atoms with Gasteiger partial charge in [0.05, 0.1) is 30.7 Å². The van der Waals surface area contributed by atoms with E-state index in [2.05, 4.69) is 24.0 Å². The summed E-state index contributed by atoms with van der Waals surface area (Å²) in [7, 11) is -3.39. The maximum Gasteiger partial charge on any atom is 0.356 e. The number of nitrogens with zero attached hydrogens (tertiary/aromatic N) is 2. The molecular weight excluding hydrogens is 467 g/mol. The minimum absolute atomic E-state index is 0.157. The van der Waals surface area contributed by atoms with Gasteiger partial charge in [-0.1, -0.05) is 44.0 Å². The summed E-state index contributed by atoms with van der Waals surface area (Å²) < 4.78 is 36.7. The van der Waals surface area contributed by atoms with E-state index in [9.17, 15) is 9.36 Å². The molecule has 2 heterocycles. The quantitative estimate of drug-likeness (QED) is 0.185. The number of hydrogen-bond donors (Lipinski definition) is 0. The lowest BCUT2D eigenvalue weighted by atomic mass is 10.0. The lowest BCUT2D eigenvalue weighted by molar-refractivity contribution is 0.0955. The van der Waals surface area contributed by atoms with Crippen molar-refractivity contribution in [1.29, 1.82) is 0 Å². The highest BCUT2D eigenvalue weighted by Crippen LogP contribution is 2.50. The zero-order valence-corrected chi connectivity index (χ0v) is 22.3. The summed E-state index contributed by atoms with van der Waals surface area (Å²) in [5, 5.41) is 0.726. The number of hydrogen-bond acceptors (Lipinski definition) is 7. The van der Waals surface area contributed by atoms with Crippen molar-refractivity contribution in [2.24, 2.45) is 0 Å². The summed E-state index contributed by atoms with van der Waals surface area (Å²) in [6, 6.07) is 10.2. The van der Waals surface area contributed by atoms with E-state index in [1.807, 2.05) is 18.2 Å². The van der Waals surface area contributed by atoms with E-state index in [0.717, 1.165) is 17.4 Å². The van der Waals surface area contributed by atoms with Gasteiger partial charge in [0.2, 0.25) is 5.71 Å². The molecule has 0 saturated heterocycles. The van der Waals surface area contributed by atoms with Crippen LogP contribution in [0.25, 0.3) is 22.4 Å². The lowest BCUT2D eigenvalue weighted by Gasteiger charge is -2.22. The zero-order chi connectivity index (χ0) is 25.4. The van der Waals surface area contributed by atoms with Crippen molar-refractivity contribution in [3.63, 3.8) is 0 Å². The number of rotatable bonds is 14. The molecule has 0 saturated carbocycles. The van der Waals surface area contributed by atoms with E-state index in [0.29, 0.717) is 11.5 Å². The Kier molecular flexibility index (Phi) is 9.87. The molecule has 0 spiro atoms. The number of unbranched alkanes of at least 4 members (excludes halogenated alkanes) is 2. The van der Waals surface area contributed by atoms with E-state index < -0.39 is 13.3 Å². The molecule has 0 aliphatic rings. The second-order valence-electron chi connectivity index (χ2n) is 9.20. The van der Waals surface area contributed by atoms with Crippen molar-refractivity contribution >= 4 is 18.7 Å². The van der Waals surface area contributed by atoms with Crippen molar-refractivity contribution < 1.29 is 22.8 Å². The summed E-state index contributed by atoms with van der Waals surface area (Å²) in [4.78, 5) is 16.5. The fourth-order valence-corrected chi connectivity index (χ4v) is 5.54. The molecule has 35 heavy (non-hydrogen) atoms. The molecule has 0 aliphatic heterocycles. The van der Waals surface area contributed by atoms with Gasteiger partial charge < -0.3 is 18.2 Å². The van der Waals surface area contributed by atoms with Gasteiger partial charge in [-0.2, -0.15) is 4.98 Å². The molecule has 0 bridgehead atoms. The molecule has 192 valence electrons. The average molecular weight is 505 g/mol. The van der Waals surface area contributed by atoms with Crippen molar-refractivity contribution in [2.45, 2.75) is 79.1 Å². The van der Waals surface area contributed by atoms with Crippen LogP contribution < -0.4 is 5.69 Å². The van der Waals surface area contributed by atoms with E-state index in [1.165, 1.54) is 29.4 Å². The molecule has 0 unspecified atom stereocenters. The summed E-state index contributed by atoms with van der Waals surface area (Å²) >= 11 is 0. The SMILES string of the molecule is CCCCCc1ccc(-c2cc3cn(CCOCP(=O)(OC(C)C)OC(C)C)c(=O)nc3o2)cc1. The normalized spacial score (nSPS) is 12.3. The minimum atomic E-state index is -3.39. The highest BCUT2D eigenvalue weighted by molar-refractivity contribution is 7.53. The van der Waals surface area contributed by atoms with Crippen LogP contribution in [0, 0.1) is 0 Å². The standard InChI is InChI=1S/C26H37N2O6P/c1-6-7-8-9-21-10-12-22(13-11-21)24-16-23-17-28(26(29)27-25(23)32-24)14-15-31-18-35(30,33-19(2)3)34-20(4)5/h10-13,16-17,19-20H,6-9,14-15,18H2,1-5H3. The van der Waals surface area contributed by atoms with Gasteiger partial charge in [0.15, 0.2) is 0 Å². The van der Waals surface area contributed by atoms with Crippen molar-refractivity contribution in [3.05, 3.63) is 52.6 Å². The molecular formula is C26H37N2O6P. The smallest absolute Gasteiger partial charge is 0.356 e. The molecule has 3 aromatic rings. The third-order valence-electron chi connectivity index (χ3n) is 5.25. The molecule has 1 aromatic carbocycles. The average Bonchev–Trinajstić information content (AvgIpc) is 3.19. The van der Waals surface area contributed by atoms with E-state index in [4.69, 9.17) is 18.2 Å². The third-order valence-corrected chi connectivity index (χ3v) is 7.24. The Bertz CT molecular complexity index is 1170. The molecule has 0 fully saturated rings. The molecule has 3 rings (SSSR count). The number of furan rings is 1. The second kappa shape index (κ2) is 12.6. The summed E-state index contributed by atoms with van der Waals surface area (Å²) in [6.07, 6.45) is 5.70. The highest BCUT2D eigenvalue weighted by Gasteiger charge is 2.28. The monoisotopic (exact) mass is 504 g/mol. The molecule has 0 radical (unpaired) electrons. The molecule has 9 heteroatoms. The first-order valence-corrected chi connectivity index (χ1v) is 14.1. The second-order valence-corrected chi connectivity index (χ2v) is 11.1. The number of fused-ring (bicyclic) bond motifs is 1. The Labute approximate surface area is 207 Å². The van der Waals surface area contributed by atoms with Crippen LogP contribution in [0.5, 0.6) is 0 Å². The third kappa shape index (κ3) is 8.14. The predicted molar refractivity (Wildman–Crippen MR) is 138 cm³/mol. The van der Waals surface area contributed by atoms with Gasteiger partial charge in [-0.05, 0) is 52.2 Å². The van der Waals surface area contributed by atoms with Gasteiger partial charge in [0.25, 0.3) is 0 Å². The largest absolute Gasteiger partial charge is 0.437 e. The van der Waals surface area contributed by atoms with Crippen molar-refractivity contribution in [2.75, 3.05) is 13.0 Å². The van der Waals surface area contributed by atoms with Crippen molar-refractivity contribution in [1.82, 2.24) is 9.55 Å². The van der Waals surface area contributed by atoms with E-state index in [1.54, 1.807) is 33.9 Å². The topological polar surface area (TPSA) is 92.8 Å². The predicted octanol–water partition coefficient (Wildman–Crippen LogP) is 6.41. The van der Waals surface area contributed by atoms with Gasteiger partial charge in [-0.15, -0.1) is 0 Å². The highest BCUT2D eigenvalue weighted by atomic mass is 31.2. The van der Waals surface area contributed by atoms with Crippen LogP contribution in [0.4, 0.5) is 0 Å². The molecule has 0 atom stereocenters. The Morgan fingerprint density at radius 2 is 1.74 bits per heavy atom. The molecule has 8 nitrogen and oxygen atoms in total. The fourth-order valence-electron chi connectivity index (χ4n) is 3.73. The summed E-state index contributed by atoms with van der Waals surface area (Å²) in [5.41, 5.74) is 2.11. The molecule has 0 N–H and O–H groups in total. The zero-order valence-electron chi connectivity index (χ0n) is 21.4. The van der Waals surface area contributed by atoms with Crippen LogP contribution >= 0.6 is 7.60 Å². The van der Waals surface area contributed by atoms with E-state index in [-0.39, 0.29) is 31.7 Å². The maximum absolute atomic E-state index is 12.8. The van der Waals surface area contributed by atoms with Crippen LogP contribution in [0.15, 0.2) is 45.7 Å². The molecule has 2 aromatic heterocycles. The van der Waals surface area contributed by atoms with Crippen LogP contribution in [0.2, 0.25) is 0 Å². The van der Waals surface area contributed by atoms with Crippen LogP contribution in [0.1, 0.15) is 59.4 Å². The van der Waals surface area contributed by atoms with Crippen LogP contribution in [0.3, 0.4) is 0 Å². The Hall–Kier alpha value is -2.25. The first-order valence-electron chi connectivity index (χ1n) is 12.3. The first kappa shape index (κ1) is 27.3. The number of aromatic nitrogens is 2. The minimum Gasteiger partial charge on any atom is -0.437 e. The van der Waals surface area contributed by atoms with Crippen LogP contribution in [-0.4, -0.2) is 34.7 Å². The van der Waals surface area contributed by atoms with Gasteiger partial charge in [0, 0.05) is 11.8 Å². The van der Waals surface area contributed by atoms with Gasteiger partial charge in [-0.3, -0.25) is 9.13 Å². The van der Waals surface area contributed by atoms with Crippen LogP contribution in [-0.2, 0) is 31.3 Å². The Morgan fingerprint density at radius 3 is 2.37 bits per heavy atom.